The molecule has 112 valence electrons. The van der Waals surface area contributed by atoms with Gasteiger partial charge >= 0.3 is 0 Å². The zero-order chi connectivity index (χ0) is 14.3. The number of ether oxygens (including phenoxy) is 1. The molecule has 3 N–H and O–H groups in total. The van der Waals surface area contributed by atoms with E-state index in [0.29, 0.717) is 44.6 Å². The highest BCUT2D eigenvalue weighted by Crippen LogP contribution is 2.21. The molecule has 0 aromatic rings. The Morgan fingerprint density at radius 3 is 2.79 bits per heavy atom. The van der Waals surface area contributed by atoms with Gasteiger partial charge in [-0.25, -0.2) is 0 Å². The third-order valence-electron chi connectivity index (χ3n) is 3.97. The minimum Gasteiger partial charge on any atom is -0.394 e. The van der Waals surface area contributed by atoms with Crippen LogP contribution in [-0.4, -0.2) is 54.9 Å². The Morgan fingerprint density at radius 1 is 1.47 bits per heavy atom. The maximum Gasteiger partial charge on any atom is 0.223 e. The van der Waals surface area contributed by atoms with Gasteiger partial charge in [-0.1, -0.05) is 13.8 Å². The summed E-state index contributed by atoms with van der Waals surface area (Å²) in [5, 5.41) is 9.27. The molecule has 1 aliphatic rings. The number of morpholine rings is 1. The number of amides is 1. The van der Waals surface area contributed by atoms with E-state index in [1.165, 1.54) is 0 Å². The molecular formula is C14H28N2O3. The van der Waals surface area contributed by atoms with Crippen LogP contribution < -0.4 is 5.73 Å². The van der Waals surface area contributed by atoms with E-state index in [2.05, 4.69) is 13.8 Å². The molecule has 5 nitrogen and oxygen atoms in total. The van der Waals surface area contributed by atoms with Crippen LogP contribution in [0, 0.1) is 11.8 Å². The Balaban J connectivity index is 2.44. The molecule has 1 saturated heterocycles. The molecule has 0 saturated carbocycles. The summed E-state index contributed by atoms with van der Waals surface area (Å²) in [5.74, 6) is 1.18. The normalized spacial score (nSPS) is 21.7. The smallest absolute Gasteiger partial charge is 0.223 e. The highest BCUT2D eigenvalue weighted by atomic mass is 16.5. The standard InChI is InChI=1S/C14H28N2O3/c1-11(2)12(5-6-15)3-4-14(18)16-7-8-19-10-13(16)9-17/h11-13,17H,3-10,15H2,1-2H3. The van der Waals surface area contributed by atoms with E-state index in [-0.39, 0.29) is 18.6 Å². The molecule has 0 spiro atoms. The number of hydrogen-bond acceptors (Lipinski definition) is 4. The number of rotatable bonds is 7. The summed E-state index contributed by atoms with van der Waals surface area (Å²) in [6, 6.07) is -0.173. The molecule has 1 fully saturated rings. The van der Waals surface area contributed by atoms with Crippen molar-refractivity contribution < 1.29 is 14.6 Å². The molecule has 0 radical (unpaired) electrons. The van der Waals surface area contributed by atoms with E-state index < -0.39 is 0 Å². The van der Waals surface area contributed by atoms with Crippen LogP contribution in [-0.2, 0) is 9.53 Å². The minimum absolute atomic E-state index is 0.0256. The molecule has 2 unspecified atom stereocenters. The first-order chi connectivity index (χ1) is 9.10. The monoisotopic (exact) mass is 272 g/mol. The second-order valence-corrected chi connectivity index (χ2v) is 5.62. The van der Waals surface area contributed by atoms with Gasteiger partial charge in [-0.15, -0.1) is 0 Å². The van der Waals surface area contributed by atoms with Gasteiger partial charge in [0.05, 0.1) is 25.9 Å². The number of nitrogens with zero attached hydrogens (tertiary/aromatic N) is 1. The van der Waals surface area contributed by atoms with Crippen LogP contribution in [0.4, 0.5) is 0 Å². The highest BCUT2D eigenvalue weighted by Gasteiger charge is 2.27. The SMILES string of the molecule is CC(C)C(CCN)CCC(=O)N1CCOCC1CO. The fraction of sp³-hybridized carbons (Fsp3) is 0.929. The molecule has 19 heavy (non-hydrogen) atoms. The van der Waals surface area contributed by atoms with Gasteiger partial charge in [-0.2, -0.15) is 0 Å². The zero-order valence-electron chi connectivity index (χ0n) is 12.2. The van der Waals surface area contributed by atoms with Crippen molar-refractivity contribution in [3.63, 3.8) is 0 Å². The summed E-state index contributed by atoms with van der Waals surface area (Å²) in [6.45, 7) is 6.60. The van der Waals surface area contributed by atoms with Crippen molar-refractivity contribution in [3.8, 4) is 0 Å². The molecule has 0 aliphatic carbocycles. The lowest BCUT2D eigenvalue weighted by Gasteiger charge is -2.35. The summed E-state index contributed by atoms with van der Waals surface area (Å²) in [6.07, 6.45) is 2.39. The predicted octanol–water partition coefficient (Wildman–Crippen LogP) is 0.607. The van der Waals surface area contributed by atoms with E-state index in [9.17, 15) is 9.90 Å². The summed E-state index contributed by atoms with van der Waals surface area (Å²) in [7, 11) is 0. The molecule has 5 heteroatoms. The number of hydrogen-bond donors (Lipinski definition) is 2. The fourth-order valence-corrected chi connectivity index (χ4v) is 2.61. The van der Waals surface area contributed by atoms with Crippen LogP contribution in [0.15, 0.2) is 0 Å². The van der Waals surface area contributed by atoms with Crippen molar-refractivity contribution in [2.24, 2.45) is 17.6 Å². The Morgan fingerprint density at radius 2 is 2.21 bits per heavy atom. The molecule has 0 bridgehead atoms. The number of carbonyl (C=O) groups is 1. The molecule has 0 aromatic heterocycles. The first kappa shape index (κ1) is 16.4. The van der Waals surface area contributed by atoms with Crippen LogP contribution in [0.1, 0.15) is 33.1 Å². The van der Waals surface area contributed by atoms with Crippen LogP contribution in [0.25, 0.3) is 0 Å². The van der Waals surface area contributed by atoms with E-state index in [0.717, 1.165) is 12.8 Å². The lowest BCUT2D eigenvalue weighted by Crippen LogP contribution is -2.50. The lowest BCUT2D eigenvalue weighted by molar-refractivity contribution is -0.142. The predicted molar refractivity (Wildman–Crippen MR) is 74.6 cm³/mol. The fourth-order valence-electron chi connectivity index (χ4n) is 2.61. The van der Waals surface area contributed by atoms with Gasteiger partial charge in [-0.05, 0) is 31.2 Å². The Labute approximate surface area is 116 Å². The van der Waals surface area contributed by atoms with Crippen molar-refractivity contribution in [3.05, 3.63) is 0 Å². The summed E-state index contributed by atoms with van der Waals surface area (Å²) >= 11 is 0. The molecule has 1 rings (SSSR count). The molecule has 1 aliphatic heterocycles. The number of nitrogens with two attached hydrogens (primary N) is 1. The highest BCUT2D eigenvalue weighted by molar-refractivity contribution is 5.76. The maximum atomic E-state index is 12.2. The van der Waals surface area contributed by atoms with Crippen LogP contribution in [0.2, 0.25) is 0 Å². The molecular weight excluding hydrogens is 244 g/mol. The first-order valence-corrected chi connectivity index (χ1v) is 7.28. The van der Waals surface area contributed by atoms with Crippen molar-refractivity contribution in [1.29, 1.82) is 0 Å². The lowest BCUT2D eigenvalue weighted by atomic mass is 9.88. The maximum absolute atomic E-state index is 12.2. The van der Waals surface area contributed by atoms with Crippen LogP contribution in [0.3, 0.4) is 0 Å². The van der Waals surface area contributed by atoms with E-state index in [4.69, 9.17) is 10.5 Å². The molecule has 2 atom stereocenters. The van der Waals surface area contributed by atoms with Crippen molar-refractivity contribution in [2.45, 2.75) is 39.2 Å². The summed E-state index contributed by atoms with van der Waals surface area (Å²) in [5.41, 5.74) is 5.62. The average Bonchev–Trinajstić information content (AvgIpc) is 2.42. The number of aliphatic hydroxyl groups excluding tert-OH is 1. The van der Waals surface area contributed by atoms with Gasteiger partial charge in [0, 0.05) is 13.0 Å². The first-order valence-electron chi connectivity index (χ1n) is 7.28. The summed E-state index contributed by atoms with van der Waals surface area (Å²) in [4.78, 5) is 14.0. The van der Waals surface area contributed by atoms with Crippen molar-refractivity contribution in [2.75, 3.05) is 32.9 Å². The second-order valence-electron chi connectivity index (χ2n) is 5.62. The Kier molecular flexibility index (Phi) is 7.34. The van der Waals surface area contributed by atoms with Crippen LogP contribution in [0.5, 0.6) is 0 Å². The Bertz CT molecular complexity index is 271. The van der Waals surface area contributed by atoms with E-state index >= 15 is 0 Å². The second kappa shape index (κ2) is 8.51. The van der Waals surface area contributed by atoms with Crippen molar-refractivity contribution >= 4 is 5.91 Å². The largest absolute Gasteiger partial charge is 0.394 e. The third-order valence-corrected chi connectivity index (χ3v) is 3.97. The molecule has 1 heterocycles. The van der Waals surface area contributed by atoms with Gasteiger partial charge < -0.3 is 20.5 Å². The summed E-state index contributed by atoms with van der Waals surface area (Å²) < 4.78 is 5.29. The van der Waals surface area contributed by atoms with Gasteiger partial charge in [0.2, 0.25) is 5.91 Å². The quantitative estimate of drug-likeness (QED) is 0.712. The molecule has 0 aromatic carbocycles. The van der Waals surface area contributed by atoms with E-state index in [1.807, 2.05) is 0 Å². The van der Waals surface area contributed by atoms with E-state index in [1.54, 1.807) is 4.90 Å². The average molecular weight is 272 g/mol. The van der Waals surface area contributed by atoms with Crippen molar-refractivity contribution in [1.82, 2.24) is 4.90 Å². The van der Waals surface area contributed by atoms with Crippen LogP contribution >= 0.6 is 0 Å². The minimum atomic E-state index is -0.173. The number of aliphatic hydroxyl groups is 1. The van der Waals surface area contributed by atoms with Gasteiger partial charge in [0.15, 0.2) is 0 Å². The van der Waals surface area contributed by atoms with Gasteiger partial charge in [0.25, 0.3) is 0 Å². The van der Waals surface area contributed by atoms with Gasteiger partial charge in [-0.3, -0.25) is 4.79 Å². The topological polar surface area (TPSA) is 75.8 Å². The Hall–Kier alpha value is -0.650. The van der Waals surface area contributed by atoms with Gasteiger partial charge in [0.1, 0.15) is 0 Å². The molecule has 1 amide bonds. The zero-order valence-corrected chi connectivity index (χ0v) is 12.2. The third kappa shape index (κ3) is 5.09. The number of carbonyl (C=O) groups excluding carboxylic acids is 1.